The average molecular weight is 345 g/mol. The van der Waals surface area contributed by atoms with Gasteiger partial charge in [0.2, 0.25) is 0 Å². The van der Waals surface area contributed by atoms with Crippen LogP contribution in [0.15, 0.2) is 76.8 Å². The molecule has 0 amide bonds. The van der Waals surface area contributed by atoms with Crippen molar-refractivity contribution in [2.45, 2.75) is 6.04 Å². The van der Waals surface area contributed by atoms with Gasteiger partial charge in [0.05, 0.1) is 0 Å². The smallest absolute Gasteiger partial charge is 0.253 e. The number of aromatic nitrogens is 3. The summed E-state index contributed by atoms with van der Waals surface area (Å²) in [4.78, 5) is 35.5. The maximum Gasteiger partial charge on any atom is 0.253 e. The number of nitrogens with zero attached hydrogens (tertiary/aromatic N) is 2. The van der Waals surface area contributed by atoms with E-state index in [0.29, 0.717) is 11.5 Å². The molecule has 0 bridgehead atoms. The Morgan fingerprint density at radius 3 is 2.31 bits per heavy atom. The third-order valence-electron chi connectivity index (χ3n) is 4.07. The number of H-pyrrole nitrogens is 1. The van der Waals surface area contributed by atoms with Crippen LogP contribution in [0.4, 0.5) is 17.1 Å². The van der Waals surface area contributed by atoms with Gasteiger partial charge < -0.3 is 15.6 Å². The number of rotatable bonds is 6. The number of anilines is 3. The zero-order valence-corrected chi connectivity index (χ0v) is 13.6. The van der Waals surface area contributed by atoms with E-state index in [1.54, 1.807) is 36.9 Å². The first kappa shape index (κ1) is 15.8. The van der Waals surface area contributed by atoms with Crippen molar-refractivity contribution < 1.29 is 0 Å². The van der Waals surface area contributed by atoms with Crippen LogP contribution in [0.3, 0.4) is 0 Å². The molecule has 1 unspecified atom stereocenters. The van der Waals surface area contributed by atoms with Gasteiger partial charge in [-0.15, -0.1) is 0 Å². The van der Waals surface area contributed by atoms with Crippen molar-refractivity contribution in [1.82, 2.24) is 15.0 Å². The highest BCUT2D eigenvalue weighted by Crippen LogP contribution is 2.27. The minimum absolute atomic E-state index is 0.244. The summed E-state index contributed by atoms with van der Waals surface area (Å²) < 4.78 is 0. The Morgan fingerprint density at radius 1 is 0.885 bits per heavy atom. The van der Waals surface area contributed by atoms with Gasteiger partial charge in [0.15, 0.2) is 0 Å². The largest absolute Gasteiger partial charge is 0.366 e. The predicted molar refractivity (Wildman–Crippen MR) is 99.4 cm³/mol. The first-order valence-electron chi connectivity index (χ1n) is 8.05. The zero-order valence-electron chi connectivity index (χ0n) is 13.6. The van der Waals surface area contributed by atoms with Crippen molar-refractivity contribution in [1.29, 1.82) is 0 Å². The van der Waals surface area contributed by atoms with Crippen molar-refractivity contribution in [3.8, 4) is 0 Å². The lowest BCUT2D eigenvalue weighted by Crippen LogP contribution is -2.37. The number of aromatic amines is 1. The molecule has 4 rings (SSSR count). The van der Waals surface area contributed by atoms with Crippen LogP contribution in [0, 0.1) is 0 Å². The Bertz CT molecular complexity index is 1070. The highest BCUT2D eigenvalue weighted by Gasteiger charge is 2.26. The van der Waals surface area contributed by atoms with Gasteiger partial charge in [0.1, 0.15) is 23.2 Å². The Labute approximate surface area is 148 Å². The molecule has 2 aromatic heterocycles. The fourth-order valence-corrected chi connectivity index (χ4v) is 2.76. The van der Waals surface area contributed by atoms with Crippen LogP contribution in [0.2, 0.25) is 0 Å². The normalized spacial score (nSPS) is 12.0. The average Bonchev–Trinajstić information content (AvgIpc) is 3.23. The first-order valence-corrected chi connectivity index (χ1v) is 8.05. The fraction of sp³-hybridized carbons (Fsp3) is 0.0526. The summed E-state index contributed by atoms with van der Waals surface area (Å²) in [6, 6.07) is 12.7. The van der Waals surface area contributed by atoms with Gasteiger partial charge in [-0.1, -0.05) is 30.3 Å². The van der Waals surface area contributed by atoms with E-state index in [2.05, 4.69) is 25.6 Å². The summed E-state index contributed by atoms with van der Waals surface area (Å²) in [5.74, 6) is 0.652. The van der Waals surface area contributed by atoms with Gasteiger partial charge in [0, 0.05) is 30.5 Å². The number of imidazole rings is 1. The SMILES string of the molecule is O=c1c(Nc2ccncc2)c(NC(c2ccccc2)c2ncc[nH]2)c1=O. The molecule has 0 aliphatic heterocycles. The highest BCUT2D eigenvalue weighted by molar-refractivity contribution is 5.79. The van der Waals surface area contributed by atoms with Gasteiger partial charge in [-0.25, -0.2) is 4.98 Å². The quantitative estimate of drug-likeness (QED) is 0.464. The summed E-state index contributed by atoms with van der Waals surface area (Å²) in [6.07, 6.45) is 6.57. The van der Waals surface area contributed by atoms with E-state index in [-0.39, 0.29) is 17.4 Å². The van der Waals surface area contributed by atoms with Crippen LogP contribution >= 0.6 is 0 Å². The molecule has 0 aliphatic carbocycles. The summed E-state index contributed by atoms with van der Waals surface area (Å²) in [7, 11) is 0. The molecule has 0 spiro atoms. The van der Waals surface area contributed by atoms with E-state index in [0.717, 1.165) is 5.56 Å². The molecule has 2 heterocycles. The minimum atomic E-state index is -0.547. The number of benzene rings is 1. The molecule has 2 aromatic carbocycles. The molecule has 7 nitrogen and oxygen atoms in total. The summed E-state index contributed by atoms with van der Waals surface area (Å²) in [6.45, 7) is 0. The number of hydrogen-bond donors (Lipinski definition) is 3. The van der Waals surface area contributed by atoms with Crippen LogP contribution in [0.5, 0.6) is 0 Å². The predicted octanol–water partition coefficient (Wildman–Crippen LogP) is 2.35. The van der Waals surface area contributed by atoms with E-state index in [1.165, 1.54) is 0 Å². The maximum absolute atomic E-state index is 12.1. The monoisotopic (exact) mass is 345 g/mol. The fourth-order valence-electron chi connectivity index (χ4n) is 2.76. The van der Waals surface area contributed by atoms with E-state index in [4.69, 9.17) is 0 Å². The second-order valence-electron chi connectivity index (χ2n) is 5.73. The van der Waals surface area contributed by atoms with Gasteiger partial charge in [-0.05, 0) is 17.7 Å². The Hall–Kier alpha value is -3.74. The highest BCUT2D eigenvalue weighted by atomic mass is 16.2. The molecule has 0 radical (unpaired) electrons. The molecular weight excluding hydrogens is 330 g/mol. The van der Waals surface area contributed by atoms with E-state index in [1.807, 2.05) is 30.3 Å². The van der Waals surface area contributed by atoms with Gasteiger partial charge >= 0.3 is 0 Å². The molecule has 3 N–H and O–H groups in total. The van der Waals surface area contributed by atoms with Crippen molar-refractivity contribution >= 4 is 17.1 Å². The van der Waals surface area contributed by atoms with Gasteiger partial charge in [-0.3, -0.25) is 14.6 Å². The Morgan fingerprint density at radius 2 is 1.62 bits per heavy atom. The van der Waals surface area contributed by atoms with E-state index < -0.39 is 10.9 Å². The summed E-state index contributed by atoms with van der Waals surface area (Å²) >= 11 is 0. The maximum atomic E-state index is 12.1. The van der Waals surface area contributed by atoms with Crippen LogP contribution in [-0.2, 0) is 0 Å². The number of nitrogens with one attached hydrogen (secondary N) is 3. The van der Waals surface area contributed by atoms with Crippen molar-refractivity contribution in [3.05, 3.63) is 99.1 Å². The zero-order chi connectivity index (χ0) is 17.9. The number of hydrogen-bond acceptors (Lipinski definition) is 6. The van der Waals surface area contributed by atoms with E-state index >= 15 is 0 Å². The van der Waals surface area contributed by atoms with Crippen LogP contribution in [-0.4, -0.2) is 15.0 Å². The molecule has 0 saturated carbocycles. The lowest BCUT2D eigenvalue weighted by atomic mass is 10.0. The number of pyridine rings is 1. The summed E-state index contributed by atoms with van der Waals surface area (Å²) in [5, 5.41) is 6.15. The molecule has 4 aromatic rings. The van der Waals surface area contributed by atoms with Crippen LogP contribution in [0.1, 0.15) is 17.4 Å². The molecule has 7 heteroatoms. The Balaban J connectivity index is 1.68. The Kier molecular flexibility index (Phi) is 4.03. The third kappa shape index (κ3) is 2.86. The molecule has 1 atom stereocenters. The van der Waals surface area contributed by atoms with E-state index in [9.17, 15) is 9.59 Å². The molecule has 26 heavy (non-hydrogen) atoms. The molecule has 0 aliphatic rings. The standard InChI is InChI=1S/C19H15N5O2/c25-17-15(23-13-6-8-20-9-7-13)16(18(17)26)24-14(19-21-10-11-22-19)12-4-2-1-3-5-12/h1-11,14,24H,(H,20,23)(H,21,22). The first-order chi connectivity index (χ1) is 12.7. The summed E-state index contributed by atoms with van der Waals surface area (Å²) in [5.41, 5.74) is 1.00. The van der Waals surface area contributed by atoms with Crippen LogP contribution in [0.25, 0.3) is 0 Å². The molecule has 0 fully saturated rings. The van der Waals surface area contributed by atoms with Gasteiger partial charge in [0.25, 0.3) is 10.9 Å². The molecule has 128 valence electrons. The van der Waals surface area contributed by atoms with Gasteiger partial charge in [-0.2, -0.15) is 0 Å². The molecule has 0 saturated heterocycles. The molecular formula is C19H15N5O2. The topological polar surface area (TPSA) is 99.8 Å². The second-order valence-corrected chi connectivity index (χ2v) is 5.73. The lowest BCUT2D eigenvalue weighted by Gasteiger charge is -2.21. The third-order valence-corrected chi connectivity index (χ3v) is 4.07. The second kappa shape index (κ2) is 6.64. The van der Waals surface area contributed by atoms with Crippen LogP contribution < -0.4 is 21.5 Å². The minimum Gasteiger partial charge on any atom is -0.366 e. The van der Waals surface area contributed by atoms with Crippen molar-refractivity contribution in [2.24, 2.45) is 0 Å². The lowest BCUT2D eigenvalue weighted by molar-refractivity contribution is 0.851. The van der Waals surface area contributed by atoms with Crippen molar-refractivity contribution in [2.75, 3.05) is 10.6 Å². The van der Waals surface area contributed by atoms with Crippen molar-refractivity contribution in [3.63, 3.8) is 0 Å².